The average molecular weight is 309 g/mol. The van der Waals surface area contributed by atoms with Gasteiger partial charge >= 0.3 is 0 Å². The number of nitrogens with zero attached hydrogens (tertiary/aromatic N) is 4. The maximum Gasteiger partial charge on any atom is 0.141 e. The van der Waals surface area contributed by atoms with Crippen LogP contribution in [0.15, 0.2) is 21.2 Å². The topological polar surface area (TPSA) is 93.6 Å². The molecule has 7 nitrogen and oxygen atoms in total. The molecule has 4 rings (SSSR count). The SMILES string of the molecule is Cc1noc(C)c1-c1cc(-c2c(C)noc2C)c2n[nH]nc2c1. The van der Waals surface area contributed by atoms with Gasteiger partial charge in [-0.05, 0) is 45.4 Å². The number of rotatable bonds is 2. The molecule has 0 saturated carbocycles. The fraction of sp³-hybridized carbons (Fsp3) is 0.250. The van der Waals surface area contributed by atoms with Crippen molar-refractivity contribution in [2.24, 2.45) is 0 Å². The molecule has 0 unspecified atom stereocenters. The van der Waals surface area contributed by atoms with Crippen molar-refractivity contribution in [2.75, 3.05) is 0 Å². The molecule has 7 heteroatoms. The summed E-state index contributed by atoms with van der Waals surface area (Å²) in [7, 11) is 0. The van der Waals surface area contributed by atoms with Crippen molar-refractivity contribution in [3.8, 4) is 22.3 Å². The van der Waals surface area contributed by atoms with Crippen LogP contribution in [0.4, 0.5) is 0 Å². The van der Waals surface area contributed by atoms with Crippen molar-refractivity contribution in [3.05, 3.63) is 35.0 Å². The number of fused-ring (bicyclic) bond motifs is 1. The number of H-pyrrole nitrogens is 1. The first-order valence-corrected chi connectivity index (χ1v) is 7.27. The van der Waals surface area contributed by atoms with Gasteiger partial charge in [-0.25, -0.2) is 0 Å². The van der Waals surface area contributed by atoms with Gasteiger partial charge in [-0.2, -0.15) is 15.4 Å². The molecule has 1 N–H and O–H groups in total. The summed E-state index contributed by atoms with van der Waals surface area (Å²) in [5.74, 6) is 1.53. The maximum atomic E-state index is 5.31. The van der Waals surface area contributed by atoms with Crippen LogP contribution in [-0.2, 0) is 0 Å². The second-order valence-electron chi connectivity index (χ2n) is 5.61. The van der Waals surface area contributed by atoms with Crippen molar-refractivity contribution >= 4 is 11.0 Å². The Labute approximate surface area is 131 Å². The molecule has 0 aliphatic carbocycles. The zero-order valence-corrected chi connectivity index (χ0v) is 13.3. The molecule has 0 aliphatic heterocycles. The average Bonchev–Trinajstić information content (AvgIpc) is 3.19. The Hall–Kier alpha value is -2.96. The molecule has 3 heterocycles. The van der Waals surface area contributed by atoms with Gasteiger partial charge in [-0.15, -0.1) is 0 Å². The highest BCUT2D eigenvalue weighted by Gasteiger charge is 2.20. The zero-order valence-electron chi connectivity index (χ0n) is 13.3. The number of hydrogen-bond donors (Lipinski definition) is 1. The van der Waals surface area contributed by atoms with Gasteiger partial charge in [0, 0.05) is 16.7 Å². The van der Waals surface area contributed by atoms with Crippen molar-refractivity contribution < 1.29 is 9.05 Å². The van der Waals surface area contributed by atoms with Gasteiger partial charge in [0.15, 0.2) is 0 Å². The van der Waals surface area contributed by atoms with E-state index in [1.165, 1.54) is 0 Å². The summed E-state index contributed by atoms with van der Waals surface area (Å²) in [4.78, 5) is 0. The minimum absolute atomic E-state index is 0.753. The van der Waals surface area contributed by atoms with Crippen LogP contribution in [0.2, 0.25) is 0 Å². The highest BCUT2D eigenvalue weighted by atomic mass is 16.5. The molecule has 116 valence electrons. The molecule has 23 heavy (non-hydrogen) atoms. The highest BCUT2D eigenvalue weighted by Crippen LogP contribution is 2.37. The van der Waals surface area contributed by atoms with E-state index in [0.717, 1.165) is 56.2 Å². The molecule has 0 aliphatic rings. The lowest BCUT2D eigenvalue weighted by Gasteiger charge is -2.06. The molecule has 0 bridgehead atoms. The summed E-state index contributed by atoms with van der Waals surface area (Å²) >= 11 is 0. The third-order valence-corrected chi connectivity index (χ3v) is 4.05. The Kier molecular flexibility index (Phi) is 2.84. The van der Waals surface area contributed by atoms with Crippen LogP contribution in [-0.4, -0.2) is 25.7 Å². The molecular weight excluding hydrogens is 294 g/mol. The Balaban J connectivity index is 2.07. The van der Waals surface area contributed by atoms with Crippen molar-refractivity contribution in [3.63, 3.8) is 0 Å². The third kappa shape index (κ3) is 1.97. The van der Waals surface area contributed by atoms with Gasteiger partial charge < -0.3 is 9.05 Å². The third-order valence-electron chi connectivity index (χ3n) is 4.05. The summed E-state index contributed by atoms with van der Waals surface area (Å²) in [5, 5.41) is 19.3. The van der Waals surface area contributed by atoms with Crippen LogP contribution in [0.5, 0.6) is 0 Å². The standard InChI is InChI=1S/C16H15N5O2/c1-7-14(9(3)22-19-7)11-5-12(15-8(2)20-23-10(15)4)16-13(6-11)17-21-18-16/h5-6H,1-4H3,(H,17,18,21). The van der Waals surface area contributed by atoms with Crippen LogP contribution in [0.25, 0.3) is 33.3 Å². The smallest absolute Gasteiger partial charge is 0.141 e. The predicted molar refractivity (Wildman–Crippen MR) is 83.8 cm³/mol. The van der Waals surface area contributed by atoms with Gasteiger partial charge in [0.25, 0.3) is 0 Å². The number of aromatic nitrogens is 5. The maximum absolute atomic E-state index is 5.31. The van der Waals surface area contributed by atoms with Crippen LogP contribution in [0, 0.1) is 27.7 Å². The van der Waals surface area contributed by atoms with E-state index in [-0.39, 0.29) is 0 Å². The number of nitrogens with one attached hydrogen (secondary N) is 1. The molecule has 4 aromatic rings. The van der Waals surface area contributed by atoms with E-state index in [1.807, 2.05) is 33.8 Å². The van der Waals surface area contributed by atoms with Crippen LogP contribution in [0.1, 0.15) is 22.9 Å². The summed E-state index contributed by atoms with van der Waals surface area (Å²) < 4.78 is 10.6. The fourth-order valence-corrected chi connectivity index (χ4v) is 3.05. The second-order valence-corrected chi connectivity index (χ2v) is 5.61. The summed E-state index contributed by atoms with van der Waals surface area (Å²) in [6.45, 7) is 7.64. The molecule has 1 aromatic carbocycles. The van der Waals surface area contributed by atoms with E-state index in [2.05, 4.69) is 31.8 Å². The molecule has 0 amide bonds. The number of hydrogen-bond acceptors (Lipinski definition) is 6. The number of aryl methyl sites for hydroxylation is 4. The van der Waals surface area contributed by atoms with Gasteiger partial charge in [-0.1, -0.05) is 10.3 Å². The minimum Gasteiger partial charge on any atom is -0.361 e. The molecule has 0 spiro atoms. The molecule has 0 radical (unpaired) electrons. The number of benzene rings is 1. The quantitative estimate of drug-likeness (QED) is 0.609. The molecule has 0 fully saturated rings. The fourth-order valence-electron chi connectivity index (χ4n) is 3.05. The summed E-state index contributed by atoms with van der Waals surface area (Å²) in [5.41, 5.74) is 7.06. The lowest BCUT2D eigenvalue weighted by Crippen LogP contribution is -1.89. The lowest BCUT2D eigenvalue weighted by molar-refractivity contribution is 0.393. The van der Waals surface area contributed by atoms with E-state index in [4.69, 9.17) is 9.05 Å². The van der Waals surface area contributed by atoms with E-state index < -0.39 is 0 Å². The first-order chi connectivity index (χ1) is 11.1. The van der Waals surface area contributed by atoms with E-state index >= 15 is 0 Å². The first-order valence-electron chi connectivity index (χ1n) is 7.27. The second kappa shape index (κ2) is 4.77. The summed E-state index contributed by atoms with van der Waals surface area (Å²) in [6, 6.07) is 4.04. The first kappa shape index (κ1) is 13.7. The van der Waals surface area contributed by atoms with Gasteiger partial charge in [0.2, 0.25) is 0 Å². The van der Waals surface area contributed by atoms with Crippen molar-refractivity contribution in [2.45, 2.75) is 27.7 Å². The Morgan fingerprint density at radius 1 is 0.826 bits per heavy atom. The Morgan fingerprint density at radius 3 is 2.09 bits per heavy atom. The van der Waals surface area contributed by atoms with Crippen molar-refractivity contribution in [1.82, 2.24) is 25.7 Å². The molecular formula is C16H15N5O2. The molecule has 0 atom stereocenters. The van der Waals surface area contributed by atoms with E-state index in [9.17, 15) is 0 Å². The van der Waals surface area contributed by atoms with Gasteiger partial charge in [0.1, 0.15) is 22.6 Å². The van der Waals surface area contributed by atoms with E-state index in [1.54, 1.807) is 0 Å². The van der Waals surface area contributed by atoms with Gasteiger partial charge in [-0.3, -0.25) is 0 Å². The normalized spacial score (nSPS) is 11.5. The van der Waals surface area contributed by atoms with Crippen LogP contribution < -0.4 is 0 Å². The molecule has 3 aromatic heterocycles. The summed E-state index contributed by atoms with van der Waals surface area (Å²) in [6.07, 6.45) is 0. The predicted octanol–water partition coefficient (Wildman–Crippen LogP) is 3.50. The lowest BCUT2D eigenvalue weighted by atomic mass is 9.96. The van der Waals surface area contributed by atoms with E-state index in [0.29, 0.717) is 0 Å². The van der Waals surface area contributed by atoms with Crippen LogP contribution >= 0.6 is 0 Å². The van der Waals surface area contributed by atoms with Crippen molar-refractivity contribution in [1.29, 1.82) is 0 Å². The highest BCUT2D eigenvalue weighted by molar-refractivity contribution is 5.96. The molecule has 0 saturated heterocycles. The zero-order chi connectivity index (χ0) is 16.1. The largest absolute Gasteiger partial charge is 0.361 e. The number of aromatic amines is 1. The van der Waals surface area contributed by atoms with Crippen LogP contribution in [0.3, 0.4) is 0 Å². The Morgan fingerprint density at radius 2 is 1.48 bits per heavy atom. The Bertz CT molecular complexity index is 986. The minimum atomic E-state index is 0.753. The van der Waals surface area contributed by atoms with Gasteiger partial charge in [0.05, 0.1) is 11.4 Å². The monoisotopic (exact) mass is 309 g/mol.